The number of carboxylic acids is 1. The Hall–Kier alpha value is -2.83. The lowest BCUT2D eigenvalue weighted by molar-refractivity contribution is -0.685. The molecular formula is C12H10N5O2+. The number of fused-ring (bicyclic) bond motifs is 1. The molecule has 1 N–H and O–H groups in total. The van der Waals surface area contributed by atoms with Gasteiger partial charge in [-0.2, -0.15) is 9.67 Å². The van der Waals surface area contributed by atoms with Gasteiger partial charge in [0.25, 0.3) is 0 Å². The monoisotopic (exact) mass is 256 g/mol. The second-order valence-electron chi connectivity index (χ2n) is 3.98. The molecule has 0 aromatic carbocycles. The summed E-state index contributed by atoms with van der Waals surface area (Å²) in [4.78, 5) is 18.8. The summed E-state index contributed by atoms with van der Waals surface area (Å²) in [5, 5.41) is 12.8. The molecule has 0 saturated heterocycles. The summed E-state index contributed by atoms with van der Waals surface area (Å²) in [5.74, 6) is -0.877. The van der Waals surface area contributed by atoms with Crippen LogP contribution in [0, 0.1) is 0 Å². The molecule has 0 spiro atoms. The third kappa shape index (κ3) is 2.13. The molecule has 0 radical (unpaired) electrons. The molecule has 0 aliphatic heterocycles. The van der Waals surface area contributed by atoms with Gasteiger partial charge in [0, 0.05) is 17.7 Å². The average Bonchev–Trinajstić information content (AvgIpc) is 2.87. The predicted octanol–water partition coefficient (Wildman–Crippen LogP) is 0.163. The van der Waals surface area contributed by atoms with Crippen LogP contribution in [0.5, 0.6) is 0 Å². The van der Waals surface area contributed by atoms with E-state index in [1.165, 1.54) is 6.33 Å². The molecule has 3 aromatic rings. The Morgan fingerprint density at radius 1 is 1.32 bits per heavy atom. The standard InChI is InChI=1S/C12H9N5O2/c18-12(19)7-16-3-1-9(2-4-16)10-5-13-6-11-14-8-15-17(10)11/h1-6,8H,7H2/p+1. The average molecular weight is 256 g/mol. The van der Waals surface area contributed by atoms with E-state index in [9.17, 15) is 4.79 Å². The summed E-state index contributed by atoms with van der Waals surface area (Å²) in [6, 6.07) is 3.64. The smallest absolute Gasteiger partial charge is 0.370 e. The largest absolute Gasteiger partial charge is 0.477 e. The molecule has 7 nitrogen and oxygen atoms in total. The molecule has 94 valence electrons. The van der Waals surface area contributed by atoms with Crippen molar-refractivity contribution in [2.24, 2.45) is 0 Å². The van der Waals surface area contributed by atoms with Gasteiger partial charge in [-0.3, -0.25) is 4.98 Å². The molecule has 19 heavy (non-hydrogen) atoms. The highest BCUT2D eigenvalue weighted by Gasteiger charge is 2.10. The van der Waals surface area contributed by atoms with Crippen LogP contribution < -0.4 is 4.57 Å². The molecule has 0 amide bonds. The molecule has 0 atom stereocenters. The maximum absolute atomic E-state index is 10.6. The molecule has 3 heterocycles. The van der Waals surface area contributed by atoms with E-state index in [4.69, 9.17) is 5.11 Å². The van der Waals surface area contributed by atoms with Crippen LogP contribution in [0.4, 0.5) is 0 Å². The fourth-order valence-corrected chi connectivity index (χ4v) is 1.84. The van der Waals surface area contributed by atoms with Crippen molar-refractivity contribution in [2.45, 2.75) is 6.54 Å². The molecule has 0 unspecified atom stereocenters. The number of rotatable bonds is 3. The zero-order valence-electron chi connectivity index (χ0n) is 9.84. The normalized spacial score (nSPS) is 10.7. The van der Waals surface area contributed by atoms with E-state index in [2.05, 4.69) is 15.1 Å². The van der Waals surface area contributed by atoms with Gasteiger partial charge in [0.05, 0.1) is 18.1 Å². The minimum atomic E-state index is -0.877. The third-order valence-electron chi connectivity index (χ3n) is 2.69. The SMILES string of the molecule is O=C(O)C[n+]1ccc(-c2cncc3ncnn23)cc1. The van der Waals surface area contributed by atoms with Crippen LogP contribution in [0.25, 0.3) is 16.9 Å². The summed E-state index contributed by atoms with van der Waals surface area (Å²) in [7, 11) is 0. The number of aromatic nitrogens is 5. The lowest BCUT2D eigenvalue weighted by Gasteiger charge is -2.02. The summed E-state index contributed by atoms with van der Waals surface area (Å²) in [6.45, 7) is -0.0634. The van der Waals surface area contributed by atoms with E-state index < -0.39 is 5.97 Å². The highest BCUT2D eigenvalue weighted by Crippen LogP contribution is 2.16. The molecule has 7 heteroatoms. The Bertz CT molecular complexity index is 735. The lowest BCUT2D eigenvalue weighted by atomic mass is 10.2. The summed E-state index contributed by atoms with van der Waals surface area (Å²) < 4.78 is 3.27. The lowest BCUT2D eigenvalue weighted by Crippen LogP contribution is -2.36. The molecule has 3 rings (SSSR count). The first-order valence-corrected chi connectivity index (χ1v) is 5.59. The maximum Gasteiger partial charge on any atom is 0.370 e. The van der Waals surface area contributed by atoms with Crippen molar-refractivity contribution in [1.29, 1.82) is 0 Å². The topological polar surface area (TPSA) is 84.3 Å². The molecule has 0 bridgehead atoms. The zero-order chi connectivity index (χ0) is 13.2. The highest BCUT2D eigenvalue weighted by atomic mass is 16.4. The molecule has 0 aliphatic rings. The number of carboxylic acid groups (broad SMARTS) is 1. The molecule has 0 fully saturated rings. The summed E-state index contributed by atoms with van der Waals surface area (Å²) in [5.41, 5.74) is 2.36. The van der Waals surface area contributed by atoms with Gasteiger partial charge in [-0.15, -0.1) is 0 Å². The van der Waals surface area contributed by atoms with Gasteiger partial charge in [-0.1, -0.05) is 0 Å². The first kappa shape index (κ1) is 11.3. The van der Waals surface area contributed by atoms with Gasteiger partial charge in [-0.05, 0) is 0 Å². The van der Waals surface area contributed by atoms with E-state index in [-0.39, 0.29) is 6.54 Å². The van der Waals surface area contributed by atoms with Gasteiger partial charge in [0.2, 0.25) is 6.54 Å². The number of hydrogen-bond donors (Lipinski definition) is 1. The molecule has 0 saturated carbocycles. The molecule has 0 aliphatic carbocycles. The number of aliphatic carboxylic acids is 1. The quantitative estimate of drug-likeness (QED) is 0.675. The van der Waals surface area contributed by atoms with Crippen molar-refractivity contribution in [2.75, 3.05) is 0 Å². The van der Waals surface area contributed by atoms with Gasteiger partial charge in [0.15, 0.2) is 18.0 Å². The number of nitrogens with zero attached hydrogens (tertiary/aromatic N) is 5. The Balaban J connectivity index is 2.02. The van der Waals surface area contributed by atoms with Crippen LogP contribution in [0.15, 0.2) is 43.2 Å². The fraction of sp³-hybridized carbons (Fsp3) is 0.0833. The van der Waals surface area contributed by atoms with E-state index in [1.807, 2.05) is 12.1 Å². The first-order valence-electron chi connectivity index (χ1n) is 5.59. The highest BCUT2D eigenvalue weighted by molar-refractivity contribution is 5.65. The van der Waals surface area contributed by atoms with Crippen molar-refractivity contribution in [3.8, 4) is 11.3 Å². The van der Waals surface area contributed by atoms with Crippen LogP contribution in [-0.4, -0.2) is 30.7 Å². The predicted molar refractivity (Wildman–Crippen MR) is 64.0 cm³/mol. The van der Waals surface area contributed by atoms with E-state index >= 15 is 0 Å². The minimum Gasteiger partial charge on any atom is -0.477 e. The van der Waals surface area contributed by atoms with E-state index in [0.717, 1.165) is 11.3 Å². The Labute approximate surface area is 107 Å². The van der Waals surface area contributed by atoms with Crippen LogP contribution >= 0.6 is 0 Å². The van der Waals surface area contributed by atoms with Gasteiger partial charge >= 0.3 is 5.97 Å². The van der Waals surface area contributed by atoms with Crippen molar-refractivity contribution in [1.82, 2.24) is 19.6 Å². The minimum absolute atomic E-state index is 0.0634. The van der Waals surface area contributed by atoms with Crippen molar-refractivity contribution < 1.29 is 14.5 Å². The van der Waals surface area contributed by atoms with Gasteiger partial charge in [-0.25, -0.2) is 14.3 Å². The fourth-order valence-electron chi connectivity index (χ4n) is 1.84. The van der Waals surface area contributed by atoms with Crippen LogP contribution in [0.2, 0.25) is 0 Å². The van der Waals surface area contributed by atoms with Crippen molar-refractivity contribution >= 4 is 11.6 Å². The number of hydrogen-bond acceptors (Lipinski definition) is 4. The number of carbonyl (C=O) groups is 1. The summed E-state index contributed by atoms with van der Waals surface area (Å²) in [6.07, 6.45) is 8.20. The van der Waals surface area contributed by atoms with Crippen LogP contribution in [0.3, 0.4) is 0 Å². The van der Waals surface area contributed by atoms with E-state index in [1.54, 1.807) is 33.9 Å². The van der Waals surface area contributed by atoms with Gasteiger partial charge in [0.1, 0.15) is 6.33 Å². The Morgan fingerprint density at radius 2 is 2.11 bits per heavy atom. The van der Waals surface area contributed by atoms with E-state index in [0.29, 0.717) is 5.65 Å². The number of pyridine rings is 1. The van der Waals surface area contributed by atoms with Crippen LogP contribution in [0.1, 0.15) is 0 Å². The van der Waals surface area contributed by atoms with Crippen molar-refractivity contribution in [3.63, 3.8) is 0 Å². The first-order chi connectivity index (χ1) is 9.24. The zero-order valence-corrected chi connectivity index (χ0v) is 9.84. The van der Waals surface area contributed by atoms with Gasteiger partial charge < -0.3 is 5.11 Å². The molecule has 3 aromatic heterocycles. The summed E-state index contributed by atoms with van der Waals surface area (Å²) >= 11 is 0. The van der Waals surface area contributed by atoms with Crippen LogP contribution in [-0.2, 0) is 11.3 Å². The van der Waals surface area contributed by atoms with Crippen molar-refractivity contribution in [3.05, 3.63) is 43.2 Å². The Kier molecular flexibility index (Phi) is 2.64. The maximum atomic E-state index is 10.6. The third-order valence-corrected chi connectivity index (χ3v) is 2.69. The second-order valence-corrected chi connectivity index (χ2v) is 3.98. The molecular weight excluding hydrogens is 246 g/mol. The Morgan fingerprint density at radius 3 is 2.84 bits per heavy atom. The second kappa shape index (κ2) is 4.45.